The van der Waals surface area contributed by atoms with Crippen LogP contribution >= 0.6 is 0 Å². The highest BCUT2D eigenvalue weighted by molar-refractivity contribution is 4.86. The van der Waals surface area contributed by atoms with Gasteiger partial charge < -0.3 is 24.8 Å². The molecule has 0 saturated carbocycles. The molecule has 0 spiro atoms. The SMILES string of the molecule is C=CCO[C@@H]1O[C@H](CO)[C@@H](O)[C@H]1O. The summed E-state index contributed by atoms with van der Waals surface area (Å²) in [6.07, 6.45) is -2.36. The minimum Gasteiger partial charge on any atom is -0.394 e. The van der Waals surface area contributed by atoms with Gasteiger partial charge in [-0.25, -0.2) is 0 Å². The van der Waals surface area contributed by atoms with Crippen molar-refractivity contribution in [1.29, 1.82) is 0 Å². The fourth-order valence-corrected chi connectivity index (χ4v) is 1.17. The topological polar surface area (TPSA) is 79.2 Å². The molecule has 0 aliphatic carbocycles. The van der Waals surface area contributed by atoms with E-state index in [1.165, 1.54) is 6.08 Å². The van der Waals surface area contributed by atoms with E-state index < -0.39 is 24.6 Å². The number of ether oxygens (including phenoxy) is 2. The lowest BCUT2D eigenvalue weighted by atomic mass is 10.1. The van der Waals surface area contributed by atoms with Gasteiger partial charge in [-0.1, -0.05) is 6.08 Å². The summed E-state index contributed by atoms with van der Waals surface area (Å²) in [6, 6.07) is 0. The van der Waals surface area contributed by atoms with Gasteiger partial charge in [0.2, 0.25) is 0 Å². The lowest BCUT2D eigenvalue weighted by Gasteiger charge is -2.13. The van der Waals surface area contributed by atoms with Crippen molar-refractivity contribution in [2.75, 3.05) is 13.2 Å². The van der Waals surface area contributed by atoms with E-state index in [2.05, 4.69) is 6.58 Å². The molecular weight excluding hydrogens is 176 g/mol. The molecule has 5 heteroatoms. The highest BCUT2D eigenvalue weighted by Gasteiger charge is 2.42. The number of aliphatic hydroxyl groups excluding tert-OH is 3. The van der Waals surface area contributed by atoms with Gasteiger partial charge in [-0.05, 0) is 0 Å². The Hall–Kier alpha value is -0.460. The van der Waals surface area contributed by atoms with Crippen molar-refractivity contribution in [3.8, 4) is 0 Å². The first kappa shape index (κ1) is 10.6. The second-order valence-corrected chi connectivity index (χ2v) is 2.83. The summed E-state index contributed by atoms with van der Waals surface area (Å²) in [6.45, 7) is 3.32. The molecule has 3 N–H and O–H groups in total. The largest absolute Gasteiger partial charge is 0.394 e. The van der Waals surface area contributed by atoms with Gasteiger partial charge in [-0.15, -0.1) is 6.58 Å². The molecule has 0 radical (unpaired) electrons. The van der Waals surface area contributed by atoms with Crippen LogP contribution in [0.5, 0.6) is 0 Å². The van der Waals surface area contributed by atoms with E-state index in [1.807, 2.05) is 0 Å². The van der Waals surface area contributed by atoms with E-state index in [0.717, 1.165) is 0 Å². The number of aliphatic hydroxyl groups is 3. The fourth-order valence-electron chi connectivity index (χ4n) is 1.17. The minimum absolute atomic E-state index is 0.229. The summed E-state index contributed by atoms with van der Waals surface area (Å²) in [5.41, 5.74) is 0. The molecule has 0 aromatic carbocycles. The number of hydrogen-bond acceptors (Lipinski definition) is 5. The lowest BCUT2D eigenvalue weighted by Crippen LogP contribution is -2.34. The fraction of sp³-hybridized carbons (Fsp3) is 0.750. The van der Waals surface area contributed by atoms with Crippen molar-refractivity contribution in [2.24, 2.45) is 0 Å². The normalized spacial score (nSPS) is 39.3. The molecule has 1 aliphatic rings. The smallest absolute Gasteiger partial charge is 0.187 e. The van der Waals surface area contributed by atoms with Gasteiger partial charge in [0.1, 0.15) is 18.3 Å². The Morgan fingerprint density at radius 1 is 1.38 bits per heavy atom. The zero-order valence-electron chi connectivity index (χ0n) is 7.17. The van der Waals surface area contributed by atoms with Crippen LogP contribution in [0.4, 0.5) is 0 Å². The van der Waals surface area contributed by atoms with Crippen LogP contribution in [0.25, 0.3) is 0 Å². The summed E-state index contributed by atoms with van der Waals surface area (Å²) in [4.78, 5) is 0. The van der Waals surface area contributed by atoms with Crippen LogP contribution in [0, 0.1) is 0 Å². The molecule has 1 heterocycles. The number of hydrogen-bond donors (Lipinski definition) is 3. The molecule has 13 heavy (non-hydrogen) atoms. The summed E-state index contributed by atoms with van der Waals surface area (Å²) < 4.78 is 10.0. The third-order valence-corrected chi connectivity index (χ3v) is 1.88. The quantitative estimate of drug-likeness (QED) is 0.476. The highest BCUT2D eigenvalue weighted by Crippen LogP contribution is 2.21. The third-order valence-electron chi connectivity index (χ3n) is 1.88. The molecule has 0 aromatic heterocycles. The Balaban J connectivity index is 2.45. The first-order valence-corrected chi connectivity index (χ1v) is 4.05. The lowest BCUT2D eigenvalue weighted by molar-refractivity contribution is -0.162. The Morgan fingerprint density at radius 2 is 2.08 bits per heavy atom. The van der Waals surface area contributed by atoms with Crippen molar-refractivity contribution in [3.63, 3.8) is 0 Å². The molecule has 0 aromatic rings. The van der Waals surface area contributed by atoms with Gasteiger partial charge >= 0.3 is 0 Å². The van der Waals surface area contributed by atoms with Crippen LogP contribution in [0.3, 0.4) is 0 Å². The van der Waals surface area contributed by atoms with E-state index in [0.29, 0.717) is 0 Å². The molecule has 0 bridgehead atoms. The van der Waals surface area contributed by atoms with Crippen molar-refractivity contribution in [2.45, 2.75) is 24.6 Å². The highest BCUT2D eigenvalue weighted by atomic mass is 16.7. The molecule has 76 valence electrons. The van der Waals surface area contributed by atoms with Gasteiger partial charge in [0.15, 0.2) is 6.29 Å². The zero-order valence-corrected chi connectivity index (χ0v) is 7.17. The number of rotatable bonds is 4. The van der Waals surface area contributed by atoms with Gasteiger partial charge in [0.25, 0.3) is 0 Å². The molecule has 0 unspecified atom stereocenters. The Morgan fingerprint density at radius 3 is 2.54 bits per heavy atom. The van der Waals surface area contributed by atoms with Crippen LogP contribution < -0.4 is 0 Å². The van der Waals surface area contributed by atoms with E-state index >= 15 is 0 Å². The van der Waals surface area contributed by atoms with Crippen molar-refractivity contribution in [1.82, 2.24) is 0 Å². The van der Waals surface area contributed by atoms with Crippen LogP contribution in [0.1, 0.15) is 0 Å². The predicted octanol–water partition coefficient (Wildman–Crippen LogP) is -1.37. The minimum atomic E-state index is -1.11. The maximum absolute atomic E-state index is 9.34. The van der Waals surface area contributed by atoms with E-state index in [4.69, 9.17) is 14.6 Å². The van der Waals surface area contributed by atoms with Crippen LogP contribution in [0.2, 0.25) is 0 Å². The predicted molar refractivity (Wildman–Crippen MR) is 43.9 cm³/mol. The second-order valence-electron chi connectivity index (χ2n) is 2.83. The van der Waals surface area contributed by atoms with Crippen molar-refractivity contribution >= 4 is 0 Å². The van der Waals surface area contributed by atoms with Gasteiger partial charge in [0, 0.05) is 0 Å². The molecule has 1 fully saturated rings. The Kier molecular flexibility index (Phi) is 3.83. The first-order valence-electron chi connectivity index (χ1n) is 4.05. The summed E-state index contributed by atoms with van der Waals surface area (Å²) in [7, 11) is 0. The first-order chi connectivity index (χ1) is 6.20. The Bertz CT molecular complexity index is 172. The summed E-state index contributed by atoms with van der Waals surface area (Å²) >= 11 is 0. The summed E-state index contributed by atoms with van der Waals surface area (Å²) in [5.74, 6) is 0. The van der Waals surface area contributed by atoms with Gasteiger partial charge in [-0.2, -0.15) is 0 Å². The average Bonchev–Trinajstić information content (AvgIpc) is 2.41. The van der Waals surface area contributed by atoms with E-state index in [-0.39, 0.29) is 13.2 Å². The van der Waals surface area contributed by atoms with Crippen LogP contribution in [0.15, 0.2) is 12.7 Å². The molecule has 0 amide bonds. The third kappa shape index (κ3) is 2.26. The average molecular weight is 190 g/mol. The van der Waals surface area contributed by atoms with E-state index in [9.17, 15) is 10.2 Å². The maximum Gasteiger partial charge on any atom is 0.187 e. The molecular formula is C8H14O5. The zero-order chi connectivity index (χ0) is 9.84. The van der Waals surface area contributed by atoms with Crippen LogP contribution in [-0.4, -0.2) is 53.1 Å². The maximum atomic E-state index is 9.34. The molecule has 1 saturated heterocycles. The van der Waals surface area contributed by atoms with Gasteiger partial charge in [0.05, 0.1) is 13.2 Å². The van der Waals surface area contributed by atoms with Crippen LogP contribution in [-0.2, 0) is 9.47 Å². The van der Waals surface area contributed by atoms with E-state index in [1.54, 1.807) is 0 Å². The monoisotopic (exact) mass is 190 g/mol. The molecule has 1 rings (SSSR count). The molecule has 5 nitrogen and oxygen atoms in total. The van der Waals surface area contributed by atoms with Gasteiger partial charge in [-0.3, -0.25) is 0 Å². The summed E-state index contributed by atoms with van der Waals surface area (Å²) in [5, 5.41) is 27.4. The second kappa shape index (κ2) is 4.69. The molecule has 4 atom stereocenters. The van der Waals surface area contributed by atoms with Crippen molar-refractivity contribution < 1.29 is 24.8 Å². The molecule has 1 aliphatic heterocycles. The van der Waals surface area contributed by atoms with Crippen molar-refractivity contribution in [3.05, 3.63) is 12.7 Å². The standard InChI is InChI=1S/C8H14O5/c1-2-3-12-8-7(11)6(10)5(4-9)13-8/h2,5-11H,1,3-4H2/t5-,6-,7-,8-/m1/s1. The Labute approximate surface area is 76.2 Å².